The molecule has 0 aliphatic heterocycles. The molecule has 0 fully saturated rings. The molecule has 1 N–H and O–H groups in total. The molecule has 8 heteroatoms. The zero-order valence-corrected chi connectivity index (χ0v) is 14.1. The molecular formula is C16H16ClFN2O4. The Balaban J connectivity index is 2.27. The Bertz CT molecular complexity index is 753. The Morgan fingerprint density at radius 1 is 1.42 bits per heavy atom. The van der Waals surface area contributed by atoms with Crippen molar-refractivity contribution in [2.24, 2.45) is 0 Å². The first-order chi connectivity index (χ1) is 11.3. The number of hydrogen-bond acceptors (Lipinski definition) is 5. The Labute approximate surface area is 142 Å². The third kappa shape index (κ3) is 3.91. The monoisotopic (exact) mass is 354 g/mol. The van der Waals surface area contributed by atoms with Crippen molar-refractivity contribution in [2.75, 3.05) is 6.61 Å². The van der Waals surface area contributed by atoms with E-state index >= 15 is 0 Å². The summed E-state index contributed by atoms with van der Waals surface area (Å²) in [4.78, 5) is 23.8. The highest BCUT2D eigenvalue weighted by molar-refractivity contribution is 6.33. The summed E-state index contributed by atoms with van der Waals surface area (Å²) in [7, 11) is 0. The Morgan fingerprint density at radius 3 is 2.75 bits per heavy atom. The van der Waals surface area contributed by atoms with Gasteiger partial charge in [-0.15, -0.1) is 0 Å². The van der Waals surface area contributed by atoms with Gasteiger partial charge in [-0.1, -0.05) is 22.8 Å². The molecule has 1 heterocycles. The molecule has 0 saturated carbocycles. The zero-order chi connectivity index (χ0) is 17.9. The molecular weight excluding hydrogens is 339 g/mol. The molecule has 0 radical (unpaired) electrons. The van der Waals surface area contributed by atoms with Crippen molar-refractivity contribution in [2.45, 2.75) is 26.8 Å². The first-order valence-electron chi connectivity index (χ1n) is 7.18. The molecule has 1 amide bonds. The third-order valence-corrected chi connectivity index (χ3v) is 3.37. The number of aromatic nitrogens is 1. The summed E-state index contributed by atoms with van der Waals surface area (Å²) < 4.78 is 24.0. The molecule has 0 aliphatic carbocycles. The molecule has 0 spiro atoms. The average Bonchev–Trinajstić information content (AvgIpc) is 2.85. The number of hydrogen-bond donors (Lipinski definition) is 1. The fourth-order valence-electron chi connectivity index (χ4n) is 2.07. The van der Waals surface area contributed by atoms with Crippen molar-refractivity contribution in [3.05, 3.63) is 40.4 Å². The highest BCUT2D eigenvalue weighted by Gasteiger charge is 2.26. The van der Waals surface area contributed by atoms with Gasteiger partial charge >= 0.3 is 5.97 Å². The van der Waals surface area contributed by atoms with Crippen LogP contribution >= 0.6 is 11.6 Å². The smallest absolute Gasteiger partial charge is 0.344 e. The minimum Gasteiger partial charge on any atom is -0.452 e. The first-order valence-corrected chi connectivity index (χ1v) is 7.56. The van der Waals surface area contributed by atoms with Gasteiger partial charge in [0.15, 0.2) is 6.61 Å². The standard InChI is InChI=1S/C16H16ClFN2O4/c1-8(2)19-12(21)7-23-16(22)13-9(3)24-20-15(13)14-10(17)5-4-6-11(14)18/h4-6,8H,7H2,1-3H3,(H,19,21). The number of nitrogens with zero attached hydrogens (tertiary/aromatic N) is 1. The summed E-state index contributed by atoms with van der Waals surface area (Å²) in [5, 5.41) is 6.37. The van der Waals surface area contributed by atoms with Crippen LogP contribution in [0, 0.1) is 12.7 Å². The maximum absolute atomic E-state index is 14.1. The Hall–Kier alpha value is -2.41. The van der Waals surface area contributed by atoms with Gasteiger partial charge in [-0.05, 0) is 32.9 Å². The topological polar surface area (TPSA) is 81.4 Å². The largest absolute Gasteiger partial charge is 0.452 e. The van der Waals surface area contributed by atoms with E-state index in [0.717, 1.165) is 0 Å². The van der Waals surface area contributed by atoms with Gasteiger partial charge in [0.05, 0.1) is 10.6 Å². The van der Waals surface area contributed by atoms with Gasteiger partial charge in [-0.3, -0.25) is 4.79 Å². The Kier molecular flexibility index (Phi) is 5.56. The highest BCUT2D eigenvalue weighted by Crippen LogP contribution is 2.33. The van der Waals surface area contributed by atoms with E-state index in [1.54, 1.807) is 13.8 Å². The zero-order valence-electron chi connectivity index (χ0n) is 13.4. The van der Waals surface area contributed by atoms with Crippen molar-refractivity contribution < 1.29 is 23.2 Å². The van der Waals surface area contributed by atoms with Crippen molar-refractivity contribution >= 4 is 23.5 Å². The lowest BCUT2D eigenvalue weighted by molar-refractivity contribution is -0.124. The van der Waals surface area contributed by atoms with Crippen LogP contribution < -0.4 is 5.32 Å². The average molecular weight is 355 g/mol. The molecule has 0 saturated heterocycles. The number of benzene rings is 1. The SMILES string of the molecule is Cc1onc(-c2c(F)cccc2Cl)c1C(=O)OCC(=O)NC(C)C. The van der Waals surface area contributed by atoms with Crippen molar-refractivity contribution in [1.82, 2.24) is 10.5 Å². The number of ether oxygens (including phenoxy) is 1. The van der Waals surface area contributed by atoms with Gasteiger partial charge in [-0.25, -0.2) is 9.18 Å². The van der Waals surface area contributed by atoms with E-state index in [0.29, 0.717) is 0 Å². The predicted octanol–water partition coefficient (Wildman–Crippen LogP) is 3.12. The molecule has 1 aromatic carbocycles. The minimum atomic E-state index is -0.845. The number of amides is 1. The second-order valence-electron chi connectivity index (χ2n) is 5.36. The van der Waals surface area contributed by atoms with Gasteiger partial charge in [0, 0.05) is 6.04 Å². The Morgan fingerprint density at radius 2 is 2.12 bits per heavy atom. The van der Waals surface area contributed by atoms with E-state index in [9.17, 15) is 14.0 Å². The molecule has 0 bridgehead atoms. The van der Waals surface area contributed by atoms with Crippen LogP contribution in [0.5, 0.6) is 0 Å². The van der Waals surface area contributed by atoms with E-state index in [4.69, 9.17) is 20.9 Å². The molecule has 2 aromatic rings. The van der Waals surface area contributed by atoms with Crippen molar-refractivity contribution in [1.29, 1.82) is 0 Å². The number of rotatable bonds is 5. The third-order valence-electron chi connectivity index (χ3n) is 3.05. The van der Waals surface area contributed by atoms with Crippen LogP contribution in [-0.4, -0.2) is 29.7 Å². The van der Waals surface area contributed by atoms with Crippen LogP contribution in [0.1, 0.15) is 30.0 Å². The number of nitrogens with one attached hydrogen (secondary N) is 1. The predicted molar refractivity (Wildman–Crippen MR) is 85.2 cm³/mol. The maximum atomic E-state index is 14.1. The molecule has 0 atom stereocenters. The summed E-state index contributed by atoms with van der Waals surface area (Å²) in [5.41, 5.74) is -0.196. The van der Waals surface area contributed by atoms with Crippen LogP contribution in [0.2, 0.25) is 5.02 Å². The minimum absolute atomic E-state index is 0.0606. The van der Waals surface area contributed by atoms with Gasteiger partial charge in [0.25, 0.3) is 5.91 Å². The fourth-order valence-corrected chi connectivity index (χ4v) is 2.33. The summed E-state index contributed by atoms with van der Waals surface area (Å²) in [5.74, 6) is -1.80. The van der Waals surface area contributed by atoms with E-state index in [2.05, 4.69) is 10.5 Å². The quantitative estimate of drug-likeness (QED) is 0.834. The molecule has 0 unspecified atom stereocenters. The first kappa shape index (κ1) is 17.9. The van der Waals surface area contributed by atoms with E-state index in [1.165, 1.54) is 25.1 Å². The van der Waals surface area contributed by atoms with Gasteiger partial charge in [-0.2, -0.15) is 0 Å². The van der Waals surface area contributed by atoms with Crippen molar-refractivity contribution in [3.63, 3.8) is 0 Å². The normalized spacial score (nSPS) is 10.8. The number of aryl methyl sites for hydroxylation is 1. The van der Waals surface area contributed by atoms with Crippen LogP contribution in [0.4, 0.5) is 4.39 Å². The molecule has 1 aromatic heterocycles. The highest BCUT2D eigenvalue weighted by atomic mass is 35.5. The fraction of sp³-hybridized carbons (Fsp3) is 0.312. The molecule has 6 nitrogen and oxygen atoms in total. The maximum Gasteiger partial charge on any atom is 0.344 e. The van der Waals surface area contributed by atoms with Gasteiger partial charge < -0.3 is 14.6 Å². The number of carbonyl (C=O) groups excluding carboxylic acids is 2. The van der Waals surface area contributed by atoms with Crippen molar-refractivity contribution in [3.8, 4) is 11.3 Å². The second-order valence-corrected chi connectivity index (χ2v) is 5.76. The van der Waals surface area contributed by atoms with E-state index in [1.807, 2.05) is 0 Å². The van der Waals surface area contributed by atoms with Crippen LogP contribution in [0.3, 0.4) is 0 Å². The lowest BCUT2D eigenvalue weighted by atomic mass is 10.1. The number of esters is 1. The molecule has 24 heavy (non-hydrogen) atoms. The summed E-state index contributed by atoms with van der Waals surface area (Å²) >= 11 is 6.00. The van der Waals surface area contributed by atoms with Crippen LogP contribution in [-0.2, 0) is 9.53 Å². The summed E-state index contributed by atoms with van der Waals surface area (Å²) in [6.07, 6.45) is 0. The van der Waals surface area contributed by atoms with E-state index in [-0.39, 0.29) is 33.6 Å². The summed E-state index contributed by atoms with van der Waals surface area (Å²) in [6.45, 7) is 4.58. The van der Waals surface area contributed by atoms with Crippen LogP contribution in [0.25, 0.3) is 11.3 Å². The van der Waals surface area contributed by atoms with Gasteiger partial charge in [0.2, 0.25) is 0 Å². The van der Waals surface area contributed by atoms with Crippen LogP contribution in [0.15, 0.2) is 22.7 Å². The number of carbonyl (C=O) groups is 2. The van der Waals surface area contributed by atoms with E-state index < -0.39 is 24.3 Å². The molecule has 0 aliphatic rings. The number of halogens is 2. The van der Waals surface area contributed by atoms with Gasteiger partial charge in [0.1, 0.15) is 22.8 Å². The molecule has 128 valence electrons. The lowest BCUT2D eigenvalue weighted by Crippen LogP contribution is -2.34. The molecule has 2 rings (SSSR count). The summed E-state index contributed by atoms with van der Waals surface area (Å²) in [6, 6.07) is 4.01. The second kappa shape index (κ2) is 7.44. The lowest BCUT2D eigenvalue weighted by Gasteiger charge is -2.09.